The van der Waals surface area contributed by atoms with Gasteiger partial charge in [-0.1, -0.05) is 29.8 Å². The van der Waals surface area contributed by atoms with Crippen LogP contribution in [-0.2, 0) is 23.7 Å². The van der Waals surface area contributed by atoms with Crippen molar-refractivity contribution in [3.63, 3.8) is 0 Å². The Kier molecular flexibility index (Phi) is 5.00. The number of hydrogen-bond acceptors (Lipinski definition) is 2. The summed E-state index contributed by atoms with van der Waals surface area (Å²) in [6.45, 7) is -0.905. The number of anilines is 1. The van der Waals surface area contributed by atoms with Crippen LogP contribution in [0.3, 0.4) is 0 Å². The molecule has 3 aromatic rings. The van der Waals surface area contributed by atoms with Crippen molar-refractivity contribution in [1.29, 1.82) is 0 Å². The monoisotopic (exact) mass is 421 g/mol. The minimum atomic E-state index is -4.86. The molecule has 148 valence electrons. The lowest BCUT2D eigenvalue weighted by Crippen LogP contribution is -2.24. The second kappa shape index (κ2) is 7.01. The number of fused-ring (bicyclic) bond motifs is 1. The van der Waals surface area contributed by atoms with Crippen molar-refractivity contribution >= 4 is 34.2 Å². The second-order valence-electron chi connectivity index (χ2n) is 5.72. The highest BCUT2D eigenvalue weighted by Crippen LogP contribution is 2.38. The van der Waals surface area contributed by atoms with E-state index in [1.807, 2.05) is 5.32 Å². The number of halogens is 7. The maximum absolute atomic E-state index is 13.3. The molecule has 28 heavy (non-hydrogen) atoms. The van der Waals surface area contributed by atoms with Crippen molar-refractivity contribution in [2.24, 2.45) is 0 Å². The quantitative estimate of drug-likeness (QED) is 0.578. The van der Waals surface area contributed by atoms with E-state index in [2.05, 4.69) is 4.98 Å². The molecule has 2 aromatic carbocycles. The van der Waals surface area contributed by atoms with Gasteiger partial charge in [-0.2, -0.15) is 26.3 Å². The van der Waals surface area contributed by atoms with Crippen molar-refractivity contribution in [1.82, 2.24) is 9.55 Å². The zero-order valence-corrected chi connectivity index (χ0v) is 14.5. The molecule has 1 aromatic heterocycles. The van der Waals surface area contributed by atoms with E-state index in [1.54, 1.807) is 0 Å². The summed E-state index contributed by atoms with van der Waals surface area (Å²) in [5.41, 5.74) is -1.92. The number of nitrogens with zero attached hydrogens (tertiary/aromatic N) is 2. The minimum absolute atomic E-state index is 0.00338. The van der Waals surface area contributed by atoms with Crippen LogP contribution in [0, 0.1) is 0 Å². The van der Waals surface area contributed by atoms with Crippen LogP contribution >= 0.6 is 11.6 Å². The summed E-state index contributed by atoms with van der Waals surface area (Å²) in [4.78, 5) is 15.8. The van der Waals surface area contributed by atoms with E-state index < -0.39 is 46.9 Å². The first-order valence-corrected chi connectivity index (χ1v) is 8.04. The number of rotatable bonds is 3. The number of hydrogen-bond donors (Lipinski definition) is 1. The summed E-state index contributed by atoms with van der Waals surface area (Å²) < 4.78 is 79.7. The van der Waals surface area contributed by atoms with Crippen LogP contribution in [0.25, 0.3) is 11.0 Å². The predicted molar refractivity (Wildman–Crippen MR) is 89.8 cm³/mol. The normalized spacial score (nSPS) is 12.4. The number of para-hydroxylation sites is 3. The number of nitrogens with one attached hydrogen (secondary N) is 1. The van der Waals surface area contributed by atoms with Gasteiger partial charge in [0.2, 0.25) is 11.7 Å². The number of carbonyl (C=O) groups excluding carboxylic acids is 1. The molecule has 0 aliphatic heterocycles. The molecule has 0 aliphatic rings. The standard InChI is InChI=1S/C17H10ClF6N3O/c18-10-5-3-4-9(16(19,20)21)14(10)26-13(28)8-27-12-7-2-1-6-11(12)25-15(27)17(22,23)24/h1-7H,8H2,(H,26,28). The molecule has 0 atom stereocenters. The molecule has 0 spiro atoms. The molecule has 1 amide bonds. The SMILES string of the molecule is O=C(Cn1c(C(F)(F)F)nc2ccccc21)Nc1c(Cl)cccc1C(F)(F)F. The summed E-state index contributed by atoms with van der Waals surface area (Å²) in [6, 6.07) is 8.45. The number of benzene rings is 2. The molecule has 0 fully saturated rings. The van der Waals surface area contributed by atoms with Gasteiger partial charge in [-0.3, -0.25) is 4.79 Å². The molecule has 0 saturated heterocycles. The Balaban J connectivity index is 1.98. The predicted octanol–water partition coefficient (Wildman–Crippen LogP) is 5.37. The average Bonchev–Trinajstić information content (AvgIpc) is 2.95. The number of carbonyl (C=O) groups is 1. The smallest absolute Gasteiger partial charge is 0.323 e. The van der Waals surface area contributed by atoms with Crippen LogP contribution in [0.4, 0.5) is 32.0 Å². The van der Waals surface area contributed by atoms with Gasteiger partial charge in [-0.05, 0) is 24.3 Å². The second-order valence-corrected chi connectivity index (χ2v) is 6.12. The Morgan fingerprint density at radius 2 is 1.68 bits per heavy atom. The highest BCUT2D eigenvalue weighted by atomic mass is 35.5. The van der Waals surface area contributed by atoms with Gasteiger partial charge < -0.3 is 9.88 Å². The lowest BCUT2D eigenvalue weighted by Gasteiger charge is -2.16. The molecular formula is C17H10ClF6N3O. The lowest BCUT2D eigenvalue weighted by molar-refractivity contribution is -0.147. The fraction of sp³-hybridized carbons (Fsp3) is 0.176. The van der Waals surface area contributed by atoms with Crippen molar-refractivity contribution in [3.05, 3.63) is 58.9 Å². The van der Waals surface area contributed by atoms with E-state index in [0.29, 0.717) is 10.6 Å². The topological polar surface area (TPSA) is 46.9 Å². The van der Waals surface area contributed by atoms with Crippen LogP contribution in [0.5, 0.6) is 0 Å². The van der Waals surface area contributed by atoms with Crippen molar-refractivity contribution in [2.75, 3.05) is 5.32 Å². The fourth-order valence-corrected chi connectivity index (χ4v) is 2.88. The van der Waals surface area contributed by atoms with Gasteiger partial charge in [0.25, 0.3) is 0 Å². The Morgan fingerprint density at radius 3 is 2.32 bits per heavy atom. The summed E-state index contributed by atoms with van der Waals surface area (Å²) in [7, 11) is 0. The van der Waals surface area contributed by atoms with E-state index >= 15 is 0 Å². The zero-order valence-electron chi connectivity index (χ0n) is 13.7. The number of aromatic nitrogens is 2. The summed E-state index contributed by atoms with van der Waals surface area (Å²) >= 11 is 5.75. The van der Waals surface area contributed by atoms with E-state index in [4.69, 9.17) is 11.6 Å². The van der Waals surface area contributed by atoms with E-state index in [9.17, 15) is 31.1 Å². The Hall–Kier alpha value is -2.75. The van der Waals surface area contributed by atoms with Crippen molar-refractivity contribution in [2.45, 2.75) is 18.9 Å². The molecule has 3 rings (SSSR count). The summed E-state index contributed by atoms with van der Waals surface area (Å²) in [5.74, 6) is -2.45. The maximum Gasteiger partial charge on any atom is 0.449 e. The van der Waals surface area contributed by atoms with Gasteiger partial charge in [-0.25, -0.2) is 4.98 Å². The first kappa shape index (κ1) is 20.0. The third kappa shape index (κ3) is 3.91. The Bertz CT molecular complexity index is 1040. The number of imidazole rings is 1. The van der Waals surface area contributed by atoms with Gasteiger partial charge >= 0.3 is 12.4 Å². The van der Waals surface area contributed by atoms with Crippen LogP contribution in [0.15, 0.2) is 42.5 Å². The molecule has 1 heterocycles. The largest absolute Gasteiger partial charge is 0.449 e. The molecule has 0 unspecified atom stereocenters. The Labute approximate surface area is 158 Å². The number of alkyl halides is 6. The molecule has 0 bridgehead atoms. The van der Waals surface area contributed by atoms with Gasteiger partial charge in [-0.15, -0.1) is 0 Å². The van der Waals surface area contributed by atoms with Crippen LogP contribution in [0.2, 0.25) is 5.02 Å². The highest BCUT2D eigenvalue weighted by Gasteiger charge is 2.38. The van der Waals surface area contributed by atoms with Crippen LogP contribution in [-0.4, -0.2) is 15.5 Å². The van der Waals surface area contributed by atoms with Gasteiger partial charge in [0.1, 0.15) is 6.54 Å². The van der Waals surface area contributed by atoms with Crippen LogP contribution < -0.4 is 5.32 Å². The minimum Gasteiger partial charge on any atom is -0.323 e. The molecule has 4 nitrogen and oxygen atoms in total. The average molecular weight is 422 g/mol. The molecule has 0 radical (unpaired) electrons. The van der Waals surface area contributed by atoms with Crippen molar-refractivity contribution < 1.29 is 31.1 Å². The maximum atomic E-state index is 13.3. The summed E-state index contributed by atoms with van der Waals surface area (Å²) in [6.07, 6.45) is -9.67. The first-order chi connectivity index (χ1) is 13.0. The number of amides is 1. The Morgan fingerprint density at radius 1 is 1.00 bits per heavy atom. The van der Waals surface area contributed by atoms with E-state index in [0.717, 1.165) is 12.1 Å². The molecular weight excluding hydrogens is 412 g/mol. The molecule has 0 aliphatic carbocycles. The highest BCUT2D eigenvalue weighted by molar-refractivity contribution is 6.34. The first-order valence-electron chi connectivity index (χ1n) is 7.66. The third-order valence-electron chi connectivity index (χ3n) is 3.79. The molecule has 0 saturated carbocycles. The van der Waals surface area contributed by atoms with E-state index in [-0.39, 0.29) is 11.0 Å². The van der Waals surface area contributed by atoms with Gasteiger partial charge in [0.05, 0.1) is 27.3 Å². The lowest BCUT2D eigenvalue weighted by atomic mass is 10.1. The third-order valence-corrected chi connectivity index (χ3v) is 4.11. The molecule has 11 heteroatoms. The molecule has 1 N–H and O–H groups in total. The van der Waals surface area contributed by atoms with E-state index in [1.165, 1.54) is 24.3 Å². The van der Waals surface area contributed by atoms with Crippen molar-refractivity contribution in [3.8, 4) is 0 Å². The fourth-order valence-electron chi connectivity index (χ4n) is 2.66. The zero-order chi connectivity index (χ0) is 20.7. The summed E-state index contributed by atoms with van der Waals surface area (Å²) in [5, 5.41) is 1.57. The van der Waals surface area contributed by atoms with Gasteiger partial charge in [0, 0.05) is 0 Å². The van der Waals surface area contributed by atoms with Gasteiger partial charge in [0.15, 0.2) is 0 Å². The van der Waals surface area contributed by atoms with Crippen LogP contribution in [0.1, 0.15) is 11.4 Å².